The first-order chi connectivity index (χ1) is 13.2. The second kappa shape index (κ2) is 8.11. The number of anilines is 1. The molecule has 2 fully saturated rings. The highest BCUT2D eigenvalue weighted by Gasteiger charge is 2.22. The second-order valence-electron chi connectivity index (χ2n) is 7.58. The molecule has 3 N–H and O–H groups in total. The number of hydrogen-bond acceptors (Lipinski definition) is 4. The van der Waals surface area contributed by atoms with E-state index < -0.39 is 0 Å². The summed E-state index contributed by atoms with van der Waals surface area (Å²) in [5.41, 5.74) is 4.37. The van der Waals surface area contributed by atoms with Gasteiger partial charge < -0.3 is 10.2 Å². The number of nitrogens with one attached hydrogen (secondary N) is 3. The molecule has 2 saturated heterocycles. The molecule has 2 aromatic rings. The van der Waals surface area contributed by atoms with Crippen molar-refractivity contribution in [3.8, 4) is 0 Å². The van der Waals surface area contributed by atoms with Crippen molar-refractivity contribution in [1.82, 2.24) is 15.5 Å². The monoisotopic (exact) mass is 364 g/mol. The van der Waals surface area contributed by atoms with E-state index in [0.717, 1.165) is 50.3 Å². The zero-order chi connectivity index (χ0) is 18.6. The van der Waals surface area contributed by atoms with E-state index >= 15 is 0 Å². The summed E-state index contributed by atoms with van der Waals surface area (Å²) in [6, 6.07) is 16.6. The summed E-state index contributed by atoms with van der Waals surface area (Å²) >= 11 is 0. The average molecular weight is 364 g/mol. The van der Waals surface area contributed by atoms with E-state index in [9.17, 15) is 4.79 Å². The minimum absolute atomic E-state index is 0.00355. The van der Waals surface area contributed by atoms with Gasteiger partial charge in [-0.25, -0.2) is 0 Å². The highest BCUT2D eigenvalue weighted by atomic mass is 16.2. The molecule has 0 atom stereocenters. The van der Waals surface area contributed by atoms with E-state index in [1.165, 1.54) is 11.1 Å². The van der Waals surface area contributed by atoms with E-state index in [-0.39, 0.29) is 12.2 Å². The molecule has 0 saturated carbocycles. The van der Waals surface area contributed by atoms with Crippen LogP contribution >= 0.6 is 0 Å². The largest absolute Gasteiger partial charge is 0.358 e. The lowest BCUT2D eigenvalue weighted by Crippen LogP contribution is -2.55. The van der Waals surface area contributed by atoms with Gasteiger partial charge in [0.2, 0.25) is 0 Å². The van der Waals surface area contributed by atoms with Crippen molar-refractivity contribution in [1.29, 1.82) is 0 Å². The minimum Gasteiger partial charge on any atom is -0.358 e. The van der Waals surface area contributed by atoms with Gasteiger partial charge in [0.1, 0.15) is 6.29 Å². The molecule has 0 aliphatic carbocycles. The number of carbonyl (C=O) groups is 1. The summed E-state index contributed by atoms with van der Waals surface area (Å²) in [6.07, 6.45) is 2.23. The fourth-order valence-electron chi connectivity index (χ4n) is 3.85. The number of nitrogens with zero attached hydrogens (tertiary/aromatic N) is 1. The molecule has 0 bridgehead atoms. The van der Waals surface area contributed by atoms with Gasteiger partial charge in [0, 0.05) is 43.3 Å². The standard InChI is InChI=1S/C22H28N4O/c1-16-7-9-17(10-8-16)19-14-23-22(24-15-19)25-20-6-4-5-18(13-20)21(27)26-11-2-3-12-26/h4-10,13,19,22-25H,2-3,11-12,14-15H2,1H3. The van der Waals surface area contributed by atoms with Crippen molar-refractivity contribution >= 4 is 11.6 Å². The van der Waals surface area contributed by atoms with E-state index in [4.69, 9.17) is 0 Å². The van der Waals surface area contributed by atoms with Crippen LogP contribution in [0.3, 0.4) is 0 Å². The highest BCUT2D eigenvalue weighted by Crippen LogP contribution is 2.19. The molecule has 0 aromatic heterocycles. The lowest BCUT2D eigenvalue weighted by molar-refractivity contribution is 0.0793. The topological polar surface area (TPSA) is 56.4 Å². The van der Waals surface area contributed by atoms with Crippen LogP contribution in [0.15, 0.2) is 48.5 Å². The third-order valence-corrected chi connectivity index (χ3v) is 5.50. The Morgan fingerprint density at radius 3 is 2.44 bits per heavy atom. The summed E-state index contributed by atoms with van der Waals surface area (Å²) in [5.74, 6) is 0.604. The Morgan fingerprint density at radius 1 is 1.04 bits per heavy atom. The molecule has 4 rings (SSSR count). The maximum absolute atomic E-state index is 12.6. The summed E-state index contributed by atoms with van der Waals surface area (Å²) in [7, 11) is 0. The number of rotatable bonds is 4. The molecule has 0 radical (unpaired) electrons. The zero-order valence-electron chi connectivity index (χ0n) is 15.9. The number of amides is 1. The SMILES string of the molecule is Cc1ccc(C2CNC(Nc3cccc(C(=O)N4CCCC4)c3)NC2)cc1. The first-order valence-corrected chi connectivity index (χ1v) is 9.88. The van der Waals surface area contributed by atoms with E-state index in [1.807, 2.05) is 29.2 Å². The first-order valence-electron chi connectivity index (χ1n) is 9.88. The number of carbonyl (C=O) groups excluding carboxylic acids is 1. The molecule has 5 nitrogen and oxygen atoms in total. The molecule has 2 heterocycles. The molecule has 2 aromatic carbocycles. The molecule has 27 heavy (non-hydrogen) atoms. The molecule has 5 heteroatoms. The summed E-state index contributed by atoms with van der Waals surface area (Å²) < 4.78 is 0. The summed E-state index contributed by atoms with van der Waals surface area (Å²) in [4.78, 5) is 14.5. The average Bonchev–Trinajstić information content (AvgIpc) is 3.24. The predicted molar refractivity (Wildman–Crippen MR) is 109 cm³/mol. The second-order valence-corrected chi connectivity index (χ2v) is 7.58. The van der Waals surface area contributed by atoms with Gasteiger partial charge in [0.05, 0.1) is 0 Å². The molecule has 0 spiro atoms. The van der Waals surface area contributed by atoms with E-state index in [2.05, 4.69) is 47.1 Å². The van der Waals surface area contributed by atoms with Gasteiger partial charge in [0.15, 0.2) is 0 Å². The molecule has 142 valence electrons. The van der Waals surface area contributed by atoms with Gasteiger partial charge in [0.25, 0.3) is 5.91 Å². The number of likely N-dealkylation sites (tertiary alicyclic amines) is 1. The Labute approximate surface area is 161 Å². The van der Waals surface area contributed by atoms with Gasteiger partial charge in [-0.2, -0.15) is 0 Å². The molecular weight excluding hydrogens is 336 g/mol. The quantitative estimate of drug-likeness (QED) is 0.781. The van der Waals surface area contributed by atoms with Gasteiger partial charge in [-0.15, -0.1) is 0 Å². The molecule has 1 amide bonds. The van der Waals surface area contributed by atoms with Crippen LogP contribution in [0.4, 0.5) is 5.69 Å². The highest BCUT2D eigenvalue weighted by molar-refractivity contribution is 5.95. The fraction of sp³-hybridized carbons (Fsp3) is 0.409. The minimum atomic E-state index is 0.00355. The van der Waals surface area contributed by atoms with Gasteiger partial charge in [-0.3, -0.25) is 15.4 Å². The van der Waals surface area contributed by atoms with Gasteiger partial charge >= 0.3 is 0 Å². The third-order valence-electron chi connectivity index (χ3n) is 5.50. The first kappa shape index (κ1) is 18.0. The van der Waals surface area contributed by atoms with Crippen molar-refractivity contribution in [2.24, 2.45) is 0 Å². The van der Waals surface area contributed by atoms with Crippen LogP contribution in [-0.4, -0.2) is 43.3 Å². The van der Waals surface area contributed by atoms with Crippen molar-refractivity contribution in [2.45, 2.75) is 32.0 Å². The van der Waals surface area contributed by atoms with Crippen LogP contribution in [0.2, 0.25) is 0 Å². The zero-order valence-corrected chi connectivity index (χ0v) is 15.9. The van der Waals surface area contributed by atoms with Crippen molar-refractivity contribution in [2.75, 3.05) is 31.5 Å². The Kier molecular flexibility index (Phi) is 5.41. The maximum atomic E-state index is 12.6. The Hall–Kier alpha value is -2.37. The summed E-state index contributed by atoms with van der Waals surface area (Å²) in [6.45, 7) is 5.70. The van der Waals surface area contributed by atoms with Crippen molar-refractivity contribution in [3.05, 3.63) is 65.2 Å². The van der Waals surface area contributed by atoms with Gasteiger partial charge in [-0.1, -0.05) is 35.9 Å². The van der Waals surface area contributed by atoms with Crippen LogP contribution in [0.5, 0.6) is 0 Å². The van der Waals surface area contributed by atoms with Crippen molar-refractivity contribution in [3.63, 3.8) is 0 Å². The maximum Gasteiger partial charge on any atom is 0.253 e. The van der Waals surface area contributed by atoms with Crippen LogP contribution < -0.4 is 16.0 Å². The molecular formula is C22H28N4O. The normalized spacial score (nSPS) is 22.6. The van der Waals surface area contributed by atoms with Gasteiger partial charge in [-0.05, 0) is 43.5 Å². The van der Waals surface area contributed by atoms with Crippen LogP contribution in [0.1, 0.15) is 40.2 Å². The number of aryl methyl sites for hydroxylation is 1. The fourth-order valence-corrected chi connectivity index (χ4v) is 3.85. The van der Waals surface area contributed by atoms with Crippen LogP contribution in [-0.2, 0) is 0 Å². The molecule has 2 aliphatic heterocycles. The predicted octanol–water partition coefficient (Wildman–Crippen LogP) is 2.90. The van der Waals surface area contributed by atoms with Crippen molar-refractivity contribution < 1.29 is 4.79 Å². The van der Waals surface area contributed by atoms with Crippen LogP contribution in [0, 0.1) is 6.92 Å². The van der Waals surface area contributed by atoms with Crippen LogP contribution in [0.25, 0.3) is 0 Å². The number of hydrogen-bond donors (Lipinski definition) is 3. The lowest BCUT2D eigenvalue weighted by Gasteiger charge is -2.32. The Morgan fingerprint density at radius 2 is 1.74 bits per heavy atom. The third kappa shape index (κ3) is 4.31. The molecule has 0 unspecified atom stereocenters. The Bertz CT molecular complexity index is 775. The number of benzene rings is 2. The Balaban J connectivity index is 1.34. The molecule has 2 aliphatic rings. The smallest absolute Gasteiger partial charge is 0.253 e. The van der Waals surface area contributed by atoms with E-state index in [1.54, 1.807) is 0 Å². The van der Waals surface area contributed by atoms with E-state index in [0.29, 0.717) is 5.92 Å². The lowest BCUT2D eigenvalue weighted by atomic mass is 9.97. The summed E-state index contributed by atoms with van der Waals surface area (Å²) in [5, 5.41) is 10.5.